The van der Waals surface area contributed by atoms with E-state index in [9.17, 15) is 4.79 Å². The van der Waals surface area contributed by atoms with E-state index >= 15 is 0 Å². The number of hydrogen-bond donors (Lipinski definition) is 1. The van der Waals surface area contributed by atoms with Crippen LogP contribution in [0.15, 0.2) is 72.9 Å². The third-order valence-corrected chi connectivity index (χ3v) is 7.70. The molecule has 4 aromatic rings. The van der Waals surface area contributed by atoms with Gasteiger partial charge in [-0.25, -0.2) is 14.7 Å². The molecule has 0 bridgehead atoms. The second-order valence-corrected chi connectivity index (χ2v) is 11.0. The van der Waals surface area contributed by atoms with Crippen LogP contribution in [0.5, 0.6) is 23.0 Å². The molecule has 1 saturated heterocycles. The lowest BCUT2D eigenvalue weighted by molar-refractivity contribution is 0.205. The molecule has 5 rings (SSSR count). The first-order valence-electron chi connectivity index (χ1n) is 15.3. The molecule has 2 heterocycles. The number of anilines is 4. The van der Waals surface area contributed by atoms with Crippen molar-refractivity contribution in [3.8, 4) is 23.0 Å². The first kappa shape index (κ1) is 31.6. The number of para-hydroxylation sites is 1. The summed E-state index contributed by atoms with van der Waals surface area (Å²) in [5, 5.41) is 3.25. The van der Waals surface area contributed by atoms with Gasteiger partial charge in [-0.2, -0.15) is 4.98 Å². The van der Waals surface area contributed by atoms with Crippen LogP contribution < -0.4 is 29.2 Å². The topological polar surface area (TPSA) is 98.3 Å². The fraction of sp³-hybridized carbons (Fsp3) is 0.343. The van der Waals surface area contributed by atoms with Crippen molar-refractivity contribution in [3.05, 3.63) is 84.1 Å². The molecule has 1 fully saturated rings. The minimum Gasteiger partial charge on any atom is -0.497 e. The lowest BCUT2D eigenvalue weighted by atomic mass is 10.1. The summed E-state index contributed by atoms with van der Waals surface area (Å²) in [5.41, 5.74) is 2.86. The van der Waals surface area contributed by atoms with Gasteiger partial charge in [0.2, 0.25) is 5.95 Å². The molecule has 3 aromatic carbocycles. The Morgan fingerprint density at radius 3 is 2.44 bits per heavy atom. The molecule has 45 heavy (non-hydrogen) atoms. The predicted molar refractivity (Wildman–Crippen MR) is 176 cm³/mol. The number of amides is 1. The molecule has 0 atom stereocenters. The largest absolute Gasteiger partial charge is 0.497 e. The molecule has 10 nitrogen and oxygen atoms in total. The Balaban J connectivity index is 1.36. The summed E-state index contributed by atoms with van der Waals surface area (Å²) in [6.45, 7) is 7.86. The SMILES string of the molecule is COc1ccc(N(C(=O)Oc2c(C)cccc2C)c2ccnc(Nc3cccc(OCCCN4CCCCC4)c3)n2)c(OC)c1. The highest BCUT2D eigenvalue weighted by Crippen LogP contribution is 2.37. The van der Waals surface area contributed by atoms with E-state index < -0.39 is 6.09 Å². The lowest BCUT2D eigenvalue weighted by Crippen LogP contribution is -2.31. The maximum atomic E-state index is 13.9. The number of carbonyl (C=O) groups excluding carboxylic acids is 1. The van der Waals surface area contributed by atoms with Crippen molar-refractivity contribution in [2.75, 3.05) is 50.7 Å². The zero-order chi connectivity index (χ0) is 31.6. The molecule has 1 N–H and O–H groups in total. The van der Waals surface area contributed by atoms with Gasteiger partial charge in [0.1, 0.15) is 28.8 Å². The summed E-state index contributed by atoms with van der Waals surface area (Å²) in [6.07, 6.45) is 5.82. The van der Waals surface area contributed by atoms with Gasteiger partial charge >= 0.3 is 6.09 Å². The predicted octanol–water partition coefficient (Wildman–Crippen LogP) is 7.45. The Labute approximate surface area is 264 Å². The molecule has 0 aliphatic carbocycles. The van der Waals surface area contributed by atoms with Crippen LogP contribution in [-0.2, 0) is 0 Å². The van der Waals surface area contributed by atoms with E-state index in [1.54, 1.807) is 37.6 Å². The van der Waals surface area contributed by atoms with E-state index in [4.69, 9.17) is 23.9 Å². The highest BCUT2D eigenvalue weighted by Gasteiger charge is 2.27. The van der Waals surface area contributed by atoms with Crippen LogP contribution in [-0.4, -0.2) is 61.4 Å². The number of likely N-dealkylation sites (tertiary alicyclic amines) is 1. The number of aryl methyl sites for hydroxylation is 2. The van der Waals surface area contributed by atoms with E-state index in [-0.39, 0.29) is 5.82 Å². The van der Waals surface area contributed by atoms with E-state index in [1.807, 2.05) is 56.3 Å². The van der Waals surface area contributed by atoms with Crippen LogP contribution in [0.3, 0.4) is 0 Å². The van der Waals surface area contributed by atoms with Gasteiger partial charge in [0.05, 0.1) is 26.5 Å². The van der Waals surface area contributed by atoms with Crippen LogP contribution in [0.25, 0.3) is 0 Å². The average Bonchev–Trinajstić information content (AvgIpc) is 3.06. The number of aromatic nitrogens is 2. The average molecular weight is 612 g/mol. The zero-order valence-corrected chi connectivity index (χ0v) is 26.4. The number of piperidine rings is 1. The van der Waals surface area contributed by atoms with Gasteiger partial charge < -0.3 is 29.2 Å². The van der Waals surface area contributed by atoms with E-state index in [1.165, 1.54) is 44.4 Å². The number of nitrogens with one attached hydrogen (secondary N) is 1. The van der Waals surface area contributed by atoms with Gasteiger partial charge in [0.15, 0.2) is 0 Å². The molecule has 1 aliphatic heterocycles. The summed E-state index contributed by atoms with van der Waals surface area (Å²) in [7, 11) is 3.10. The van der Waals surface area contributed by atoms with E-state index in [0.29, 0.717) is 35.5 Å². The Hall–Kier alpha value is -4.83. The minimum absolute atomic E-state index is 0.289. The van der Waals surface area contributed by atoms with Gasteiger partial charge in [-0.3, -0.25) is 0 Å². The minimum atomic E-state index is -0.652. The second kappa shape index (κ2) is 15.3. The summed E-state index contributed by atoms with van der Waals surface area (Å²) in [4.78, 5) is 26.9. The van der Waals surface area contributed by atoms with Gasteiger partial charge in [0.25, 0.3) is 0 Å². The normalized spacial score (nSPS) is 13.2. The number of hydrogen-bond acceptors (Lipinski definition) is 9. The second-order valence-electron chi connectivity index (χ2n) is 11.0. The lowest BCUT2D eigenvalue weighted by Gasteiger charge is -2.26. The molecule has 0 radical (unpaired) electrons. The quantitative estimate of drug-likeness (QED) is 0.164. The van der Waals surface area contributed by atoms with Crippen molar-refractivity contribution in [2.24, 2.45) is 0 Å². The van der Waals surface area contributed by atoms with Gasteiger partial charge in [-0.1, -0.05) is 30.7 Å². The molecular weight excluding hydrogens is 570 g/mol. The fourth-order valence-corrected chi connectivity index (χ4v) is 5.37. The summed E-state index contributed by atoms with van der Waals surface area (Å²) < 4.78 is 23.0. The van der Waals surface area contributed by atoms with Crippen molar-refractivity contribution in [3.63, 3.8) is 0 Å². The summed E-state index contributed by atoms with van der Waals surface area (Å²) in [5.74, 6) is 2.82. The molecule has 1 aromatic heterocycles. The number of methoxy groups -OCH3 is 2. The van der Waals surface area contributed by atoms with E-state index in [2.05, 4.69) is 15.2 Å². The standard InChI is InChI=1S/C35H41N5O5/c1-25-11-8-12-26(2)33(25)45-35(41)40(30-16-15-28(42-3)24-31(30)43-4)32-17-18-36-34(38-32)37-27-13-9-14-29(23-27)44-22-10-21-39-19-6-5-7-20-39/h8-9,11-18,23-24H,5-7,10,19-22H2,1-4H3,(H,36,37,38). The molecule has 0 unspecified atom stereocenters. The molecule has 0 saturated carbocycles. The third-order valence-electron chi connectivity index (χ3n) is 7.70. The van der Waals surface area contributed by atoms with Crippen LogP contribution >= 0.6 is 0 Å². The molecule has 10 heteroatoms. The molecular formula is C35H41N5O5. The van der Waals surface area contributed by atoms with Crippen LogP contribution in [0.4, 0.5) is 27.9 Å². The Morgan fingerprint density at radius 2 is 1.69 bits per heavy atom. The molecule has 1 aliphatic rings. The first-order chi connectivity index (χ1) is 21.9. The molecule has 1 amide bonds. The Morgan fingerprint density at radius 1 is 0.911 bits per heavy atom. The molecule has 236 valence electrons. The maximum absolute atomic E-state index is 13.9. The van der Waals surface area contributed by atoms with Gasteiger partial charge in [0, 0.05) is 36.6 Å². The summed E-state index contributed by atoms with van der Waals surface area (Å²) in [6, 6.07) is 20.2. The number of nitrogens with zero attached hydrogens (tertiary/aromatic N) is 4. The third kappa shape index (κ3) is 8.21. The van der Waals surface area contributed by atoms with Gasteiger partial charge in [-0.05, 0) is 81.6 Å². The Kier molecular flexibility index (Phi) is 10.7. The first-order valence-corrected chi connectivity index (χ1v) is 15.3. The smallest absolute Gasteiger partial charge is 0.425 e. The monoisotopic (exact) mass is 611 g/mol. The molecule has 0 spiro atoms. The van der Waals surface area contributed by atoms with Crippen molar-refractivity contribution < 1.29 is 23.7 Å². The highest BCUT2D eigenvalue weighted by molar-refractivity contribution is 5.98. The number of carbonyl (C=O) groups is 1. The van der Waals surface area contributed by atoms with Crippen molar-refractivity contribution in [2.45, 2.75) is 39.5 Å². The number of ether oxygens (including phenoxy) is 4. The maximum Gasteiger partial charge on any atom is 0.425 e. The zero-order valence-electron chi connectivity index (χ0n) is 26.4. The van der Waals surface area contributed by atoms with Crippen LogP contribution in [0.2, 0.25) is 0 Å². The van der Waals surface area contributed by atoms with Crippen molar-refractivity contribution >= 4 is 29.2 Å². The Bertz CT molecular complexity index is 1570. The fourth-order valence-electron chi connectivity index (χ4n) is 5.37. The van der Waals surface area contributed by atoms with Crippen molar-refractivity contribution in [1.29, 1.82) is 0 Å². The number of rotatable bonds is 12. The summed E-state index contributed by atoms with van der Waals surface area (Å²) >= 11 is 0. The van der Waals surface area contributed by atoms with Crippen LogP contribution in [0, 0.1) is 13.8 Å². The van der Waals surface area contributed by atoms with Gasteiger partial charge in [-0.15, -0.1) is 0 Å². The highest BCUT2D eigenvalue weighted by atomic mass is 16.6. The number of benzene rings is 3. The van der Waals surface area contributed by atoms with Crippen LogP contribution in [0.1, 0.15) is 36.8 Å². The van der Waals surface area contributed by atoms with Crippen molar-refractivity contribution in [1.82, 2.24) is 14.9 Å². The van der Waals surface area contributed by atoms with E-state index in [0.717, 1.165) is 35.5 Å².